The molecule has 0 bridgehead atoms. The molecule has 1 unspecified atom stereocenters. The summed E-state index contributed by atoms with van der Waals surface area (Å²) in [5, 5.41) is -1.86. The molecule has 2 saturated carbocycles. The van der Waals surface area contributed by atoms with Gasteiger partial charge in [0, 0.05) is 0 Å². The van der Waals surface area contributed by atoms with Gasteiger partial charge >= 0.3 is 13.8 Å². The van der Waals surface area contributed by atoms with Gasteiger partial charge in [0.1, 0.15) is 0 Å². The summed E-state index contributed by atoms with van der Waals surface area (Å²) in [5.41, 5.74) is 0.953. The highest BCUT2D eigenvalue weighted by Crippen LogP contribution is 2.61. The van der Waals surface area contributed by atoms with Crippen molar-refractivity contribution in [1.82, 2.24) is 0 Å². The van der Waals surface area contributed by atoms with Crippen molar-refractivity contribution in [3.63, 3.8) is 0 Å². The molecule has 2 N–H and O–H groups in total. The molecular weight excluding hydrogens is 335 g/mol. The van der Waals surface area contributed by atoms with E-state index in [1.807, 2.05) is 0 Å². The van der Waals surface area contributed by atoms with Gasteiger partial charge in [-0.3, -0.25) is 4.57 Å². The number of hydrogen-bond donors (Lipinski definition) is 2. The van der Waals surface area contributed by atoms with Crippen molar-refractivity contribution in [3.05, 3.63) is 0 Å². The van der Waals surface area contributed by atoms with E-state index in [9.17, 15) is 17.7 Å². The van der Waals surface area contributed by atoms with E-state index in [0.29, 0.717) is 12.8 Å². The average Bonchev–Trinajstić information content (AvgIpc) is 2.38. The summed E-state index contributed by atoms with van der Waals surface area (Å²) >= 11 is 0. The van der Waals surface area contributed by atoms with Crippen molar-refractivity contribution in [2.24, 2.45) is 0 Å². The van der Waals surface area contributed by atoms with Gasteiger partial charge in [-0.25, -0.2) is 0 Å². The Morgan fingerprint density at radius 2 is 1.45 bits per heavy atom. The normalized spacial score (nSPS) is 23.5. The first-order valence-corrected chi connectivity index (χ1v) is 10.2. The fourth-order valence-corrected chi connectivity index (χ4v) is 5.04. The maximum absolute atomic E-state index is 12.3. The first-order chi connectivity index (χ1) is 10.1. The Balaban J connectivity index is 0.000000287. The third kappa shape index (κ3) is 6.86. The molecule has 8 heteroatoms. The molecule has 132 valence electrons. The Morgan fingerprint density at radius 3 is 1.77 bits per heavy atom. The standard InChI is InChI=1S/C8H14F3O3P.C6H13P/c9-8(10,11)6-7(15(12,13)14)4-2-1-3-5-7;7-6-4-2-1-3-5-6/h1-6H2,(H2,12,13,14);6H,1-5,7H2. The largest absolute Gasteiger partial charge is 0.390 e. The van der Waals surface area contributed by atoms with E-state index in [-0.39, 0.29) is 12.8 Å². The van der Waals surface area contributed by atoms with Crippen LogP contribution in [0.4, 0.5) is 13.2 Å². The molecule has 2 fully saturated rings. The van der Waals surface area contributed by atoms with E-state index in [1.54, 1.807) is 0 Å². The fourth-order valence-electron chi connectivity index (χ4n) is 3.29. The molecule has 22 heavy (non-hydrogen) atoms. The molecule has 0 aromatic carbocycles. The van der Waals surface area contributed by atoms with Crippen LogP contribution in [-0.2, 0) is 4.57 Å². The van der Waals surface area contributed by atoms with E-state index in [4.69, 9.17) is 9.79 Å². The fraction of sp³-hybridized carbons (Fsp3) is 1.00. The lowest BCUT2D eigenvalue weighted by Crippen LogP contribution is -2.36. The highest BCUT2D eigenvalue weighted by Gasteiger charge is 2.53. The molecule has 2 aliphatic rings. The predicted octanol–water partition coefficient (Wildman–Crippen LogP) is 5.01. The highest BCUT2D eigenvalue weighted by atomic mass is 31.2. The molecule has 0 spiro atoms. The van der Waals surface area contributed by atoms with Crippen molar-refractivity contribution >= 4 is 16.8 Å². The third-order valence-electron chi connectivity index (χ3n) is 4.58. The van der Waals surface area contributed by atoms with Gasteiger partial charge in [-0.2, -0.15) is 13.2 Å². The molecule has 0 aromatic heterocycles. The molecule has 0 saturated heterocycles. The molecule has 1 atom stereocenters. The van der Waals surface area contributed by atoms with Gasteiger partial charge in [0.25, 0.3) is 0 Å². The smallest absolute Gasteiger partial charge is 0.324 e. The summed E-state index contributed by atoms with van der Waals surface area (Å²) in [5.74, 6) is 0. The maximum atomic E-state index is 12.3. The average molecular weight is 362 g/mol. The van der Waals surface area contributed by atoms with Crippen LogP contribution in [0.3, 0.4) is 0 Å². The second-order valence-corrected chi connectivity index (χ2v) is 9.50. The van der Waals surface area contributed by atoms with E-state index in [0.717, 1.165) is 12.1 Å². The molecule has 2 rings (SSSR count). The van der Waals surface area contributed by atoms with Crippen LogP contribution in [0.15, 0.2) is 0 Å². The second-order valence-electron chi connectivity index (χ2n) is 6.52. The van der Waals surface area contributed by atoms with Gasteiger partial charge in [0.05, 0.1) is 11.6 Å². The lowest BCUT2D eigenvalue weighted by molar-refractivity contribution is -0.144. The van der Waals surface area contributed by atoms with Crippen LogP contribution in [0.25, 0.3) is 0 Å². The van der Waals surface area contributed by atoms with Crippen molar-refractivity contribution in [1.29, 1.82) is 0 Å². The zero-order valence-corrected chi connectivity index (χ0v) is 14.9. The van der Waals surface area contributed by atoms with Gasteiger partial charge < -0.3 is 9.79 Å². The summed E-state index contributed by atoms with van der Waals surface area (Å²) < 4.78 is 48.0. The Hall–Kier alpha value is 0.370. The zero-order chi connectivity index (χ0) is 16.9. The minimum atomic E-state index is -4.69. The first-order valence-electron chi connectivity index (χ1n) is 7.94. The minimum absolute atomic E-state index is 0.0310. The quantitative estimate of drug-likeness (QED) is 0.679. The highest BCUT2D eigenvalue weighted by molar-refractivity contribution is 7.53. The SMILES string of the molecule is O=P(O)(O)C1(CC(F)(F)F)CCCCC1.PC1CCCCC1. The van der Waals surface area contributed by atoms with Crippen LogP contribution >= 0.6 is 16.8 Å². The van der Waals surface area contributed by atoms with Crippen LogP contribution in [-0.4, -0.2) is 26.8 Å². The molecule has 0 aromatic rings. The number of alkyl halides is 3. The molecule has 0 heterocycles. The third-order valence-corrected chi connectivity index (χ3v) is 7.09. The van der Waals surface area contributed by atoms with Crippen LogP contribution < -0.4 is 0 Å². The van der Waals surface area contributed by atoms with Gasteiger partial charge in [-0.05, 0) is 31.3 Å². The molecule has 0 radical (unpaired) electrons. The molecule has 2 aliphatic carbocycles. The van der Waals surface area contributed by atoms with Gasteiger partial charge in [-0.1, -0.05) is 38.5 Å². The Kier molecular flexibility index (Phi) is 7.85. The number of halogens is 3. The Labute approximate surface area is 132 Å². The Bertz CT molecular complexity index is 370. The van der Waals surface area contributed by atoms with Gasteiger partial charge in [0.15, 0.2) is 0 Å². The van der Waals surface area contributed by atoms with Crippen molar-refractivity contribution in [2.45, 2.75) is 87.6 Å². The second kappa shape index (κ2) is 8.46. The molecular formula is C14H27F3O3P2. The maximum Gasteiger partial charge on any atom is 0.390 e. The van der Waals surface area contributed by atoms with Crippen LogP contribution in [0.1, 0.15) is 70.6 Å². The molecule has 0 aliphatic heterocycles. The summed E-state index contributed by atoms with van der Waals surface area (Å²) in [6, 6.07) is 0. The van der Waals surface area contributed by atoms with E-state index >= 15 is 0 Å². The van der Waals surface area contributed by atoms with Crippen LogP contribution in [0, 0.1) is 0 Å². The molecule has 0 amide bonds. The van der Waals surface area contributed by atoms with Gasteiger partial charge in [-0.15, -0.1) is 9.24 Å². The summed E-state index contributed by atoms with van der Waals surface area (Å²) in [6.45, 7) is 0. The van der Waals surface area contributed by atoms with Crippen molar-refractivity contribution in [2.75, 3.05) is 0 Å². The topological polar surface area (TPSA) is 57.5 Å². The van der Waals surface area contributed by atoms with E-state index in [2.05, 4.69) is 9.24 Å². The van der Waals surface area contributed by atoms with Gasteiger partial charge in [0.2, 0.25) is 0 Å². The Morgan fingerprint density at radius 1 is 1.00 bits per heavy atom. The lowest BCUT2D eigenvalue weighted by Gasteiger charge is -2.37. The lowest BCUT2D eigenvalue weighted by atomic mass is 9.86. The van der Waals surface area contributed by atoms with E-state index in [1.165, 1.54) is 32.1 Å². The number of rotatable bonds is 2. The van der Waals surface area contributed by atoms with Crippen molar-refractivity contribution < 1.29 is 27.5 Å². The van der Waals surface area contributed by atoms with Crippen LogP contribution in [0.5, 0.6) is 0 Å². The van der Waals surface area contributed by atoms with Crippen LogP contribution in [0.2, 0.25) is 0 Å². The van der Waals surface area contributed by atoms with Crippen molar-refractivity contribution in [3.8, 4) is 0 Å². The zero-order valence-electron chi connectivity index (χ0n) is 12.8. The number of hydrogen-bond acceptors (Lipinski definition) is 1. The summed E-state index contributed by atoms with van der Waals surface area (Å²) in [7, 11) is -1.78. The summed E-state index contributed by atoms with van der Waals surface area (Å²) in [4.78, 5) is 18.1. The predicted molar refractivity (Wildman–Crippen MR) is 85.1 cm³/mol. The monoisotopic (exact) mass is 362 g/mol. The summed E-state index contributed by atoms with van der Waals surface area (Å²) in [6.07, 6.45) is 3.03. The first kappa shape index (κ1) is 20.4. The van der Waals surface area contributed by atoms with E-state index < -0.39 is 25.3 Å². The minimum Gasteiger partial charge on any atom is -0.324 e. The molecule has 3 nitrogen and oxygen atoms in total.